The zero-order chi connectivity index (χ0) is 23.7. The molecule has 0 saturated carbocycles. The molecule has 1 unspecified atom stereocenters. The van der Waals surface area contributed by atoms with E-state index in [1.807, 2.05) is 20.8 Å². The van der Waals surface area contributed by atoms with Crippen molar-refractivity contribution >= 4 is 37.4 Å². The molecule has 1 fully saturated rings. The van der Waals surface area contributed by atoms with Crippen LogP contribution in [0.5, 0.6) is 0 Å². The summed E-state index contributed by atoms with van der Waals surface area (Å²) in [5.41, 5.74) is 0.891. The predicted molar refractivity (Wildman–Crippen MR) is 124 cm³/mol. The molecule has 1 N–H and O–H groups in total. The molecule has 2 aromatic rings. The number of sulfonamides is 1. The van der Waals surface area contributed by atoms with Crippen LogP contribution in [0.15, 0.2) is 58.3 Å². The molecule has 0 aromatic heterocycles. The van der Waals surface area contributed by atoms with Crippen LogP contribution in [0.4, 0.5) is 0 Å². The first kappa shape index (κ1) is 24.7. The molecule has 1 aliphatic rings. The second-order valence-corrected chi connectivity index (χ2v) is 13.3. The molecule has 32 heavy (non-hydrogen) atoms. The summed E-state index contributed by atoms with van der Waals surface area (Å²) in [6.45, 7) is 5.93. The van der Waals surface area contributed by atoms with E-state index in [-0.39, 0.29) is 34.7 Å². The smallest absolute Gasteiger partial charge is 0.241 e. The Kier molecular flexibility index (Phi) is 7.05. The number of hydrogen-bond donors (Lipinski definition) is 1. The minimum absolute atomic E-state index is 0.0196. The van der Waals surface area contributed by atoms with Gasteiger partial charge in [0.05, 0.1) is 21.6 Å². The topological polar surface area (TPSA) is 101 Å². The van der Waals surface area contributed by atoms with E-state index in [4.69, 9.17) is 11.6 Å². The number of carbonyl (C=O) groups is 1. The summed E-state index contributed by atoms with van der Waals surface area (Å²) in [5, 5.41) is -0.304. The highest BCUT2D eigenvalue weighted by molar-refractivity contribution is 7.92. The Bertz CT molecular complexity index is 1190. The molecule has 1 heterocycles. The van der Waals surface area contributed by atoms with Gasteiger partial charge in [0.15, 0.2) is 9.84 Å². The van der Waals surface area contributed by atoms with Crippen molar-refractivity contribution in [1.82, 2.24) is 9.62 Å². The lowest BCUT2D eigenvalue weighted by Gasteiger charge is -2.19. The molecule has 1 aliphatic heterocycles. The molecule has 0 bridgehead atoms. The zero-order valence-corrected chi connectivity index (χ0v) is 20.6. The van der Waals surface area contributed by atoms with Gasteiger partial charge in [-0.05, 0) is 53.8 Å². The van der Waals surface area contributed by atoms with Crippen LogP contribution in [0.25, 0.3) is 0 Å². The lowest BCUT2D eigenvalue weighted by atomic mass is 9.87. The van der Waals surface area contributed by atoms with Gasteiger partial charge < -0.3 is 4.90 Å². The number of benzene rings is 2. The Hall–Kier alpha value is -1.94. The number of halogens is 1. The van der Waals surface area contributed by atoms with Crippen molar-refractivity contribution in [3.63, 3.8) is 0 Å². The standard InChI is InChI=1S/C22H27ClN2O5S2/c1-22(2,3)16-4-8-19(9-5-16)32(29,30)24-14-21(26)25-13-12-20(15-25)31(27,28)18-10-6-17(23)7-11-18/h4-11,20,24H,12-15H2,1-3H3. The molecule has 1 saturated heterocycles. The number of sulfone groups is 1. The van der Waals surface area contributed by atoms with Crippen molar-refractivity contribution in [2.75, 3.05) is 19.6 Å². The number of amides is 1. The lowest BCUT2D eigenvalue weighted by molar-refractivity contribution is -0.128. The van der Waals surface area contributed by atoms with Crippen molar-refractivity contribution in [1.29, 1.82) is 0 Å². The molecule has 7 nitrogen and oxygen atoms in total. The fourth-order valence-electron chi connectivity index (χ4n) is 3.51. The summed E-state index contributed by atoms with van der Waals surface area (Å²) in [6, 6.07) is 12.4. The van der Waals surface area contributed by atoms with Gasteiger partial charge in [-0.3, -0.25) is 4.79 Å². The maximum atomic E-state index is 12.8. The summed E-state index contributed by atoms with van der Waals surface area (Å²) in [7, 11) is -7.48. The first-order chi connectivity index (χ1) is 14.8. The van der Waals surface area contributed by atoms with Gasteiger partial charge in [0.2, 0.25) is 15.9 Å². The van der Waals surface area contributed by atoms with Gasteiger partial charge in [0.1, 0.15) is 0 Å². The molecular weight excluding hydrogens is 472 g/mol. The Morgan fingerprint density at radius 2 is 1.56 bits per heavy atom. The van der Waals surface area contributed by atoms with Crippen molar-refractivity contribution in [2.24, 2.45) is 0 Å². The lowest BCUT2D eigenvalue weighted by Crippen LogP contribution is -2.40. The van der Waals surface area contributed by atoms with Crippen molar-refractivity contribution in [3.05, 3.63) is 59.1 Å². The van der Waals surface area contributed by atoms with Gasteiger partial charge >= 0.3 is 0 Å². The predicted octanol–water partition coefficient (Wildman–Crippen LogP) is 2.99. The summed E-state index contributed by atoms with van der Waals surface area (Å²) in [4.78, 5) is 14.2. The molecule has 0 aliphatic carbocycles. The minimum Gasteiger partial charge on any atom is -0.340 e. The number of nitrogens with zero attached hydrogens (tertiary/aromatic N) is 1. The quantitative estimate of drug-likeness (QED) is 0.659. The van der Waals surface area contributed by atoms with E-state index in [2.05, 4.69) is 4.72 Å². The van der Waals surface area contributed by atoms with Gasteiger partial charge in [0, 0.05) is 18.1 Å². The maximum absolute atomic E-state index is 12.8. The van der Waals surface area contributed by atoms with E-state index in [9.17, 15) is 21.6 Å². The van der Waals surface area contributed by atoms with Crippen LogP contribution < -0.4 is 4.72 Å². The molecule has 3 rings (SSSR count). The van der Waals surface area contributed by atoms with Crippen LogP contribution in [-0.2, 0) is 30.1 Å². The van der Waals surface area contributed by atoms with Gasteiger partial charge in [-0.15, -0.1) is 0 Å². The second-order valence-electron chi connectivity index (χ2n) is 8.85. The monoisotopic (exact) mass is 498 g/mol. The first-order valence-corrected chi connectivity index (χ1v) is 13.6. The second kappa shape index (κ2) is 9.13. The fourth-order valence-corrected chi connectivity index (χ4v) is 6.30. The summed E-state index contributed by atoms with van der Waals surface area (Å²) >= 11 is 5.83. The van der Waals surface area contributed by atoms with E-state index in [1.165, 1.54) is 41.3 Å². The van der Waals surface area contributed by atoms with E-state index >= 15 is 0 Å². The first-order valence-electron chi connectivity index (χ1n) is 10.2. The van der Waals surface area contributed by atoms with Gasteiger partial charge in [-0.2, -0.15) is 0 Å². The molecule has 0 radical (unpaired) electrons. The maximum Gasteiger partial charge on any atom is 0.241 e. The third-order valence-corrected chi connectivity index (χ3v) is 9.38. The summed E-state index contributed by atoms with van der Waals surface area (Å²) in [6.07, 6.45) is 0.289. The van der Waals surface area contributed by atoms with Crippen molar-refractivity contribution in [3.8, 4) is 0 Å². The van der Waals surface area contributed by atoms with Crippen LogP contribution >= 0.6 is 11.6 Å². The molecule has 1 amide bonds. The van der Waals surface area contributed by atoms with E-state index in [0.717, 1.165) is 5.56 Å². The third kappa shape index (κ3) is 5.51. The average Bonchev–Trinajstić information content (AvgIpc) is 3.23. The third-order valence-electron chi connectivity index (χ3n) is 5.52. The highest BCUT2D eigenvalue weighted by Gasteiger charge is 2.36. The number of carbonyl (C=O) groups excluding carboxylic acids is 1. The van der Waals surface area contributed by atoms with E-state index < -0.39 is 37.6 Å². The Labute approximate surface area is 194 Å². The Balaban J connectivity index is 1.61. The normalized spacial score (nSPS) is 17.5. The molecule has 0 spiro atoms. The largest absolute Gasteiger partial charge is 0.340 e. The number of hydrogen-bond acceptors (Lipinski definition) is 5. The number of likely N-dealkylation sites (tertiary alicyclic amines) is 1. The average molecular weight is 499 g/mol. The SMILES string of the molecule is CC(C)(C)c1ccc(S(=O)(=O)NCC(=O)N2CCC(S(=O)(=O)c3ccc(Cl)cc3)C2)cc1. The molecule has 174 valence electrons. The van der Waals surface area contributed by atoms with Gasteiger partial charge in [-0.25, -0.2) is 21.6 Å². The van der Waals surface area contributed by atoms with Crippen LogP contribution in [-0.4, -0.2) is 52.5 Å². The minimum atomic E-state index is -3.86. The Morgan fingerprint density at radius 3 is 2.12 bits per heavy atom. The van der Waals surface area contributed by atoms with Crippen LogP contribution in [0.2, 0.25) is 5.02 Å². The summed E-state index contributed by atoms with van der Waals surface area (Å²) in [5.74, 6) is -0.464. The van der Waals surface area contributed by atoms with Crippen molar-refractivity contribution < 1.29 is 21.6 Å². The molecular formula is C22H27ClN2O5S2. The fraction of sp³-hybridized carbons (Fsp3) is 0.409. The molecule has 2 aromatic carbocycles. The Morgan fingerprint density at radius 1 is 1.00 bits per heavy atom. The molecule has 1 atom stereocenters. The van der Waals surface area contributed by atoms with E-state index in [0.29, 0.717) is 5.02 Å². The van der Waals surface area contributed by atoms with Gasteiger partial charge in [-0.1, -0.05) is 44.5 Å². The summed E-state index contributed by atoms with van der Waals surface area (Å²) < 4.78 is 53.1. The van der Waals surface area contributed by atoms with Crippen LogP contribution in [0, 0.1) is 0 Å². The highest BCUT2D eigenvalue weighted by Crippen LogP contribution is 2.26. The van der Waals surface area contributed by atoms with Crippen LogP contribution in [0.3, 0.4) is 0 Å². The zero-order valence-electron chi connectivity index (χ0n) is 18.2. The highest BCUT2D eigenvalue weighted by atomic mass is 35.5. The van der Waals surface area contributed by atoms with E-state index in [1.54, 1.807) is 12.1 Å². The van der Waals surface area contributed by atoms with Gasteiger partial charge in [0.25, 0.3) is 0 Å². The number of rotatable bonds is 6. The van der Waals surface area contributed by atoms with Crippen molar-refractivity contribution in [2.45, 2.75) is 47.6 Å². The molecule has 10 heteroatoms. The number of nitrogens with one attached hydrogen (secondary N) is 1. The van der Waals surface area contributed by atoms with Crippen LogP contribution in [0.1, 0.15) is 32.8 Å².